The van der Waals surface area contributed by atoms with Crippen LogP contribution in [0.5, 0.6) is 0 Å². The van der Waals surface area contributed by atoms with Crippen molar-refractivity contribution in [2.45, 2.75) is 31.7 Å². The van der Waals surface area contributed by atoms with Crippen LogP contribution < -0.4 is 5.73 Å². The molecule has 0 bridgehead atoms. The van der Waals surface area contributed by atoms with Crippen molar-refractivity contribution in [3.05, 3.63) is 0 Å². The van der Waals surface area contributed by atoms with E-state index in [1.54, 1.807) is 0 Å². The van der Waals surface area contributed by atoms with Gasteiger partial charge in [0.15, 0.2) is 0 Å². The lowest BCUT2D eigenvalue weighted by Gasteiger charge is -2.20. The molecule has 3 heteroatoms. The molecule has 58 valence electrons. The molecule has 10 heavy (non-hydrogen) atoms. The van der Waals surface area contributed by atoms with Gasteiger partial charge in [0.05, 0.1) is 12.0 Å². The molecule has 1 aliphatic carbocycles. The molecule has 0 heterocycles. The Hall–Kier alpha value is -0.570. The summed E-state index contributed by atoms with van der Waals surface area (Å²) < 4.78 is 0. The van der Waals surface area contributed by atoms with E-state index < -0.39 is 5.97 Å². The van der Waals surface area contributed by atoms with Crippen molar-refractivity contribution >= 4 is 5.97 Å². The molecular weight excluding hydrogens is 130 g/mol. The van der Waals surface area contributed by atoms with Crippen molar-refractivity contribution < 1.29 is 15.6 Å². The molecule has 0 aromatic carbocycles. The SMILES string of the molecule is [NH3+][C@H]1CCC[C@H](C(=O)O)C1. The molecule has 4 N–H and O–H groups in total. The lowest BCUT2D eigenvalue weighted by Crippen LogP contribution is -2.62. The van der Waals surface area contributed by atoms with E-state index in [0.29, 0.717) is 6.04 Å². The van der Waals surface area contributed by atoms with Gasteiger partial charge in [0.2, 0.25) is 0 Å². The predicted molar refractivity (Wildman–Crippen MR) is 36.3 cm³/mol. The largest absolute Gasteiger partial charge is 0.481 e. The highest BCUT2D eigenvalue weighted by atomic mass is 16.4. The van der Waals surface area contributed by atoms with Crippen molar-refractivity contribution in [2.75, 3.05) is 0 Å². The maximum Gasteiger partial charge on any atom is 0.306 e. The number of hydrogen-bond donors (Lipinski definition) is 2. The van der Waals surface area contributed by atoms with Crippen LogP contribution in [-0.2, 0) is 4.79 Å². The average Bonchev–Trinajstić information content (AvgIpc) is 1.88. The lowest BCUT2D eigenvalue weighted by atomic mass is 9.86. The highest BCUT2D eigenvalue weighted by Crippen LogP contribution is 2.21. The number of aliphatic carboxylic acids is 1. The molecule has 0 amide bonds. The molecule has 1 saturated carbocycles. The van der Waals surface area contributed by atoms with E-state index in [0.717, 1.165) is 25.7 Å². The Morgan fingerprint density at radius 3 is 2.60 bits per heavy atom. The zero-order valence-corrected chi connectivity index (χ0v) is 6.05. The number of hydrogen-bond acceptors (Lipinski definition) is 1. The van der Waals surface area contributed by atoms with Crippen molar-refractivity contribution in [3.63, 3.8) is 0 Å². The number of quaternary nitrogens is 1. The van der Waals surface area contributed by atoms with Gasteiger partial charge in [-0.15, -0.1) is 0 Å². The molecule has 1 rings (SSSR count). The van der Waals surface area contributed by atoms with E-state index in [2.05, 4.69) is 5.73 Å². The third-order valence-electron chi connectivity index (χ3n) is 2.13. The molecule has 1 aliphatic rings. The second kappa shape index (κ2) is 3.01. The molecule has 1 fully saturated rings. The van der Waals surface area contributed by atoms with E-state index in [4.69, 9.17) is 5.11 Å². The Morgan fingerprint density at radius 1 is 1.50 bits per heavy atom. The first-order valence-corrected chi connectivity index (χ1v) is 3.76. The van der Waals surface area contributed by atoms with Crippen molar-refractivity contribution in [1.82, 2.24) is 0 Å². The normalized spacial score (nSPS) is 33.7. The summed E-state index contributed by atoms with van der Waals surface area (Å²) in [6.45, 7) is 0. The smallest absolute Gasteiger partial charge is 0.306 e. The van der Waals surface area contributed by atoms with E-state index in [9.17, 15) is 4.79 Å². The van der Waals surface area contributed by atoms with Crippen LogP contribution in [0, 0.1) is 5.92 Å². The molecular formula is C7H14NO2+. The third-order valence-corrected chi connectivity index (χ3v) is 2.13. The lowest BCUT2D eigenvalue weighted by molar-refractivity contribution is -0.427. The van der Waals surface area contributed by atoms with E-state index in [1.807, 2.05) is 0 Å². The zero-order valence-electron chi connectivity index (χ0n) is 6.05. The van der Waals surface area contributed by atoms with Crippen LogP contribution in [0.15, 0.2) is 0 Å². The molecule has 0 saturated heterocycles. The molecule has 0 spiro atoms. The third kappa shape index (κ3) is 1.70. The minimum absolute atomic E-state index is 0.115. The predicted octanol–water partition coefficient (Wildman–Crippen LogP) is -0.128. The Kier molecular flexibility index (Phi) is 2.27. The fourth-order valence-electron chi connectivity index (χ4n) is 1.52. The van der Waals surface area contributed by atoms with Gasteiger partial charge in [0.25, 0.3) is 0 Å². The maximum absolute atomic E-state index is 10.5. The minimum atomic E-state index is -0.645. The van der Waals surface area contributed by atoms with Crippen molar-refractivity contribution in [2.24, 2.45) is 5.92 Å². The van der Waals surface area contributed by atoms with Gasteiger partial charge in [0, 0.05) is 6.42 Å². The molecule has 2 atom stereocenters. The van der Waals surface area contributed by atoms with Crippen LogP contribution in [0.1, 0.15) is 25.7 Å². The van der Waals surface area contributed by atoms with Gasteiger partial charge in [-0.2, -0.15) is 0 Å². The Bertz CT molecular complexity index is 136. The molecule has 0 aromatic heterocycles. The monoisotopic (exact) mass is 144 g/mol. The van der Waals surface area contributed by atoms with Gasteiger partial charge >= 0.3 is 5.97 Å². The standard InChI is InChI=1S/C7H13NO2/c8-6-3-1-2-5(4-6)7(9)10/h5-6H,1-4,8H2,(H,9,10)/p+1/t5-,6-/m0/s1. The zero-order chi connectivity index (χ0) is 7.56. The van der Waals surface area contributed by atoms with Gasteiger partial charge in [-0.05, 0) is 19.3 Å². The van der Waals surface area contributed by atoms with Crippen LogP contribution in [-0.4, -0.2) is 17.1 Å². The molecule has 3 nitrogen and oxygen atoms in total. The fraction of sp³-hybridized carbons (Fsp3) is 0.857. The van der Waals surface area contributed by atoms with Crippen molar-refractivity contribution in [1.29, 1.82) is 0 Å². The second-order valence-corrected chi connectivity index (χ2v) is 3.07. The number of rotatable bonds is 1. The average molecular weight is 144 g/mol. The topological polar surface area (TPSA) is 64.9 Å². The summed E-state index contributed by atoms with van der Waals surface area (Å²) in [5.41, 5.74) is 3.87. The highest BCUT2D eigenvalue weighted by molar-refractivity contribution is 5.70. The van der Waals surface area contributed by atoms with Gasteiger partial charge < -0.3 is 10.8 Å². The minimum Gasteiger partial charge on any atom is -0.481 e. The summed E-state index contributed by atoms with van der Waals surface area (Å²) in [5.74, 6) is -0.760. The quantitative estimate of drug-likeness (QED) is 0.538. The highest BCUT2D eigenvalue weighted by Gasteiger charge is 2.26. The molecule has 0 aliphatic heterocycles. The molecule has 0 aromatic rings. The fourth-order valence-corrected chi connectivity index (χ4v) is 1.52. The summed E-state index contributed by atoms with van der Waals surface area (Å²) >= 11 is 0. The first-order chi connectivity index (χ1) is 4.70. The first kappa shape index (κ1) is 7.54. The van der Waals surface area contributed by atoms with Crippen LogP contribution in [0.4, 0.5) is 0 Å². The van der Waals surface area contributed by atoms with Crippen molar-refractivity contribution in [3.8, 4) is 0 Å². The number of carboxylic acid groups (broad SMARTS) is 1. The summed E-state index contributed by atoms with van der Waals surface area (Å²) in [4.78, 5) is 10.5. The van der Waals surface area contributed by atoms with Crippen LogP contribution >= 0.6 is 0 Å². The Balaban J connectivity index is 2.39. The van der Waals surface area contributed by atoms with Gasteiger partial charge in [-0.3, -0.25) is 4.79 Å². The summed E-state index contributed by atoms with van der Waals surface area (Å²) in [6.07, 6.45) is 3.76. The van der Waals surface area contributed by atoms with Gasteiger partial charge in [-0.1, -0.05) is 0 Å². The summed E-state index contributed by atoms with van der Waals surface area (Å²) in [5, 5.41) is 8.63. The van der Waals surface area contributed by atoms with E-state index >= 15 is 0 Å². The summed E-state index contributed by atoms with van der Waals surface area (Å²) in [6, 6.07) is 0.370. The van der Waals surface area contributed by atoms with Crippen LogP contribution in [0.2, 0.25) is 0 Å². The number of carboxylic acids is 1. The van der Waals surface area contributed by atoms with E-state index in [1.165, 1.54) is 0 Å². The van der Waals surface area contributed by atoms with Gasteiger partial charge in [-0.25, -0.2) is 0 Å². The Morgan fingerprint density at radius 2 is 2.20 bits per heavy atom. The molecule has 0 radical (unpaired) electrons. The van der Waals surface area contributed by atoms with Crippen LogP contribution in [0.3, 0.4) is 0 Å². The van der Waals surface area contributed by atoms with E-state index in [-0.39, 0.29) is 5.92 Å². The summed E-state index contributed by atoms with van der Waals surface area (Å²) in [7, 11) is 0. The number of carbonyl (C=O) groups is 1. The molecule has 0 unspecified atom stereocenters. The van der Waals surface area contributed by atoms with Crippen LogP contribution in [0.25, 0.3) is 0 Å². The first-order valence-electron chi connectivity index (χ1n) is 3.76. The Labute approximate surface area is 60.2 Å². The maximum atomic E-state index is 10.5. The second-order valence-electron chi connectivity index (χ2n) is 3.07. The van der Waals surface area contributed by atoms with Gasteiger partial charge in [0.1, 0.15) is 0 Å².